The molecule has 0 atom stereocenters. The number of hydrogen-bond donors (Lipinski definition) is 12. The number of aliphatic carboxylic acids is 7. The van der Waals surface area contributed by atoms with Gasteiger partial charge in [-0.2, -0.15) is 15.0 Å². The molecule has 12 N–H and O–H groups in total. The molecule has 4 heterocycles. The molecule has 2 aliphatic rings. The van der Waals surface area contributed by atoms with E-state index < -0.39 is 41.8 Å². The largest absolute Gasteiger partial charge is 0.497 e. The molecule has 2 saturated heterocycles. The number of nitrogens with zero attached hydrogens (tertiary/aromatic N) is 8. The number of halogens is 2. The number of nitrogens with one attached hydrogen (secondary N) is 5. The Morgan fingerprint density at radius 2 is 0.915 bits per heavy atom. The van der Waals surface area contributed by atoms with Gasteiger partial charge in [-0.25, -0.2) is 0 Å². The van der Waals surface area contributed by atoms with E-state index in [1.54, 1.807) is 44.3 Å². The number of anilines is 5. The highest BCUT2D eigenvalue weighted by atomic mass is 35.5. The molecule has 106 heavy (non-hydrogen) atoms. The number of likely N-dealkylation sites (tertiary alicyclic amines) is 1. The molecular formula is C71H103Cl2N13O20. The quantitative estimate of drug-likeness (QED) is 0.0168. The van der Waals surface area contributed by atoms with Crippen molar-refractivity contribution in [2.45, 2.75) is 89.9 Å². The number of methoxy groups -OCH3 is 2. The number of carbonyl (C=O) groups is 8. The van der Waals surface area contributed by atoms with Gasteiger partial charge in [-0.05, 0) is 179 Å². The standard InChI is InChI=1S/C12H16N2O3.C10H8Cl2N4O.C10H19NO6.C10H13NO2.C10H12O3.C7H11N3O2.C7H13NO2.C5H11NO/c1-13-9-5-7-10(8-6-9)14-11(15)3-2-4-12(16)17;1-17-7-4-2-6(3-5-7)13-10-15-8(11)14-9(12)16-10;12-9(13)1-5-16-7-3-11-4-8-17-6-2-10(14)15;1-11-9-5-2-8(3-6-9)4-7-10(12)13;1-13-9-5-2-8(3-6-9)4-7-10(11)12;1-10-5-6(8-9-10)3-2-4-7(11)12;1-8-4-2-6(3-5-8)7(9)10;1-6-2-4-7-5-3-6/h5-8,13H,2-4H2,1H3,(H,14,15)(H,16,17);2-5H,1H3,(H,13,14,15,16);11H,1-8H2,(H,12,13)(H,14,15);2-3,5-6,11H,4,7H2,1H3,(H,12,13);2-3,5-6H,4,7H2,1H3,(H,11,12);5H,2-4H2,1H3,(H,11,12);6H,2-5H2,1H3,(H,9,10);2-5H2,1H3. The Morgan fingerprint density at radius 3 is 1.32 bits per heavy atom. The predicted molar refractivity (Wildman–Crippen MR) is 400 cm³/mol. The monoisotopic (exact) mass is 1530 g/mol. The number of morpholine rings is 1. The molecule has 0 spiro atoms. The Balaban J connectivity index is 0.000000612. The maximum atomic E-state index is 11.4. The summed E-state index contributed by atoms with van der Waals surface area (Å²) < 4.78 is 26.8. The molecule has 0 aliphatic carbocycles. The third-order valence-electron chi connectivity index (χ3n) is 14.4. The van der Waals surface area contributed by atoms with Crippen molar-refractivity contribution in [2.24, 2.45) is 13.0 Å². The van der Waals surface area contributed by atoms with Gasteiger partial charge >= 0.3 is 41.8 Å². The molecule has 0 unspecified atom stereocenters. The predicted octanol–water partition coefficient (Wildman–Crippen LogP) is 8.45. The van der Waals surface area contributed by atoms with Gasteiger partial charge in [0.2, 0.25) is 22.4 Å². The summed E-state index contributed by atoms with van der Waals surface area (Å²) in [6, 6.07) is 29.7. The number of aryl methyl sites for hydroxylation is 4. The first-order valence-corrected chi connectivity index (χ1v) is 34.5. The number of amides is 1. The minimum atomic E-state index is -0.879. The van der Waals surface area contributed by atoms with E-state index in [4.69, 9.17) is 82.6 Å². The molecular weight excluding hydrogens is 1430 g/mol. The highest BCUT2D eigenvalue weighted by molar-refractivity contribution is 6.31. The highest BCUT2D eigenvalue weighted by Gasteiger charge is 2.22. The lowest BCUT2D eigenvalue weighted by Crippen LogP contribution is -2.33. The van der Waals surface area contributed by atoms with Gasteiger partial charge in [0.05, 0.1) is 78.3 Å². The summed E-state index contributed by atoms with van der Waals surface area (Å²) >= 11 is 11.3. The Hall–Kier alpha value is -9.87. The summed E-state index contributed by atoms with van der Waals surface area (Å²) in [6.45, 7) is 8.42. The van der Waals surface area contributed by atoms with Gasteiger partial charge in [0.15, 0.2) is 0 Å². The van der Waals surface area contributed by atoms with Crippen molar-refractivity contribution in [3.05, 3.63) is 131 Å². The van der Waals surface area contributed by atoms with Crippen molar-refractivity contribution in [3.8, 4) is 11.5 Å². The lowest BCUT2D eigenvalue weighted by Gasteiger charge is -2.25. The van der Waals surface area contributed by atoms with Gasteiger partial charge in [0.1, 0.15) is 11.5 Å². The van der Waals surface area contributed by atoms with E-state index in [0.717, 1.165) is 97.6 Å². The van der Waals surface area contributed by atoms with Crippen LogP contribution >= 0.6 is 23.2 Å². The summed E-state index contributed by atoms with van der Waals surface area (Å²) in [7, 11) is 12.8. The molecule has 2 aromatic heterocycles. The second kappa shape index (κ2) is 58.4. The van der Waals surface area contributed by atoms with E-state index in [0.29, 0.717) is 70.0 Å². The Bertz CT molecular complexity index is 3320. The molecule has 2 aliphatic heterocycles. The van der Waals surface area contributed by atoms with Crippen molar-refractivity contribution >= 4 is 99.6 Å². The second-order valence-electron chi connectivity index (χ2n) is 23.0. The number of aromatic nitrogens is 6. The highest BCUT2D eigenvalue weighted by Crippen LogP contribution is 2.20. The molecule has 2 fully saturated rings. The first kappa shape index (κ1) is 94.1. The number of carboxylic acids is 7. The third-order valence-corrected chi connectivity index (χ3v) is 14.7. The number of ether oxygens (including phenoxy) is 5. The normalized spacial score (nSPS) is 12.2. The summed E-state index contributed by atoms with van der Waals surface area (Å²) in [5.41, 5.74) is 6.43. The van der Waals surface area contributed by atoms with E-state index in [1.807, 2.05) is 106 Å². The van der Waals surface area contributed by atoms with Crippen LogP contribution in [0, 0.1) is 5.92 Å². The molecule has 0 saturated carbocycles. The van der Waals surface area contributed by atoms with Gasteiger partial charge in [0.25, 0.3) is 0 Å². The van der Waals surface area contributed by atoms with Crippen LogP contribution in [0.2, 0.25) is 10.6 Å². The average Bonchev–Trinajstić information content (AvgIpc) is 0.939. The molecule has 8 rings (SSSR count). The van der Waals surface area contributed by atoms with Crippen LogP contribution in [-0.4, -0.2) is 245 Å². The fraction of sp³-hybridized carbons (Fsp3) is 0.479. The third kappa shape index (κ3) is 52.1. The molecule has 33 nitrogen and oxygen atoms in total. The van der Waals surface area contributed by atoms with Crippen LogP contribution in [0.15, 0.2) is 103 Å². The van der Waals surface area contributed by atoms with Crippen molar-refractivity contribution in [2.75, 3.05) is 143 Å². The smallest absolute Gasteiger partial charge is 0.306 e. The zero-order chi connectivity index (χ0) is 78.9. The van der Waals surface area contributed by atoms with Gasteiger partial charge in [-0.3, -0.25) is 43.0 Å². The number of piperidine rings is 1. The zero-order valence-electron chi connectivity index (χ0n) is 61.0. The number of carboxylic acid groups (broad SMARTS) is 7. The summed E-state index contributed by atoms with van der Waals surface area (Å²) in [5, 5.41) is 81.3. The minimum absolute atomic E-state index is 0.0122. The minimum Gasteiger partial charge on any atom is -0.497 e. The van der Waals surface area contributed by atoms with Gasteiger partial charge in [-0.15, -0.1) is 5.10 Å². The van der Waals surface area contributed by atoms with Crippen LogP contribution in [0.3, 0.4) is 0 Å². The summed E-state index contributed by atoms with van der Waals surface area (Å²) in [4.78, 5) is 99.0. The van der Waals surface area contributed by atoms with Gasteiger partial charge < -0.3 is 95.8 Å². The van der Waals surface area contributed by atoms with Gasteiger partial charge in [0, 0.05) is 108 Å². The van der Waals surface area contributed by atoms with E-state index in [2.05, 4.69) is 68.7 Å². The van der Waals surface area contributed by atoms with Crippen LogP contribution in [0.25, 0.3) is 0 Å². The van der Waals surface area contributed by atoms with E-state index in [-0.39, 0.29) is 80.6 Å². The van der Waals surface area contributed by atoms with Crippen LogP contribution in [0.1, 0.15) is 87.4 Å². The van der Waals surface area contributed by atoms with Crippen LogP contribution < -0.4 is 36.1 Å². The summed E-state index contributed by atoms with van der Waals surface area (Å²) in [5.74, 6) is -3.94. The van der Waals surface area contributed by atoms with Crippen molar-refractivity contribution in [1.29, 1.82) is 0 Å². The lowest BCUT2D eigenvalue weighted by atomic mass is 9.98. The topological polar surface area (TPSA) is 460 Å². The number of carbonyl (C=O) groups excluding carboxylic acids is 1. The van der Waals surface area contributed by atoms with Crippen LogP contribution in [0.5, 0.6) is 11.5 Å². The van der Waals surface area contributed by atoms with Crippen LogP contribution in [0.4, 0.5) is 28.7 Å². The van der Waals surface area contributed by atoms with Crippen molar-refractivity contribution < 1.29 is 97.8 Å². The molecule has 4 aromatic carbocycles. The fourth-order valence-corrected chi connectivity index (χ4v) is 8.80. The molecule has 35 heteroatoms. The zero-order valence-corrected chi connectivity index (χ0v) is 62.6. The van der Waals surface area contributed by atoms with E-state index in [1.165, 1.54) is 0 Å². The molecule has 1 amide bonds. The van der Waals surface area contributed by atoms with Crippen molar-refractivity contribution in [1.82, 2.24) is 45.1 Å². The Morgan fingerprint density at radius 1 is 0.500 bits per heavy atom. The fourth-order valence-electron chi connectivity index (χ4n) is 8.44. The van der Waals surface area contributed by atoms with Crippen molar-refractivity contribution in [3.63, 3.8) is 0 Å². The second-order valence-corrected chi connectivity index (χ2v) is 23.7. The van der Waals surface area contributed by atoms with E-state index >= 15 is 0 Å². The maximum absolute atomic E-state index is 11.4. The number of rotatable bonds is 34. The molecule has 0 bridgehead atoms. The molecule has 6 aromatic rings. The number of likely N-dealkylation sites (N-methyl/N-ethyl adjacent to an activating group) is 1. The number of benzene rings is 4. The maximum Gasteiger partial charge on any atom is 0.306 e. The molecule has 586 valence electrons. The SMILES string of the molecule is CN1CCC(C(=O)O)CC1.CN1CCOCC1.CNc1ccc(CCC(=O)O)cc1.CNc1ccc(NC(=O)CCCC(=O)O)cc1.COc1ccc(CCC(=O)O)cc1.COc1ccc(Nc2nc(Cl)nc(Cl)n2)cc1.Cn1cc(CCCC(=O)O)nn1.O=C(O)CCOCCNCCOCCC(=O)O. The number of hydrogen-bond acceptors (Lipinski definition) is 24. The molecule has 0 radical (unpaired) electrons. The Labute approximate surface area is 627 Å². The van der Waals surface area contributed by atoms with Crippen LogP contribution in [-0.2, 0) is 78.9 Å². The first-order valence-electron chi connectivity index (χ1n) is 33.8. The van der Waals surface area contributed by atoms with Gasteiger partial charge in [-0.1, -0.05) is 29.5 Å². The first-order chi connectivity index (χ1) is 50.6. The summed E-state index contributed by atoms with van der Waals surface area (Å²) in [6.07, 6.45) is 7.06. The Kier molecular flexibility index (Phi) is 51.9. The van der Waals surface area contributed by atoms with E-state index in [9.17, 15) is 38.4 Å². The lowest BCUT2D eigenvalue weighted by molar-refractivity contribution is -0.143. The average molecular weight is 1530 g/mol.